The Morgan fingerprint density at radius 2 is 0.950 bits per heavy atom. The molecule has 0 spiro atoms. The number of fused-ring (bicyclic) bond motifs is 1. The third-order valence-electron chi connectivity index (χ3n) is 11.7. The normalized spacial score (nSPS) is 14.8. The molecule has 2 nitrogen and oxygen atoms in total. The molecule has 1 aromatic heterocycles. The van der Waals surface area contributed by atoms with E-state index in [-0.39, 0.29) is 16.5 Å². The zero-order chi connectivity index (χ0) is 31.1. The molecule has 0 saturated heterocycles. The Morgan fingerprint density at radius 1 is 0.525 bits per heavy atom. The summed E-state index contributed by atoms with van der Waals surface area (Å²) in [4.78, 5) is 5.26. The lowest BCUT2D eigenvalue weighted by Crippen LogP contribution is -2.65. The van der Waals surface area contributed by atoms with Gasteiger partial charge in [0.2, 0.25) is 0 Å². The molecule has 0 aliphatic rings. The largest absolute Gasteiger partial charge is 0.480 e. The van der Waals surface area contributed by atoms with Gasteiger partial charge in [0.25, 0.3) is 0 Å². The van der Waals surface area contributed by atoms with E-state index in [1.807, 2.05) is 11.3 Å². The first-order valence-corrected chi connectivity index (χ1v) is 15.8. The van der Waals surface area contributed by atoms with E-state index in [2.05, 4.69) is 137 Å². The Bertz CT molecular complexity index is 1470. The summed E-state index contributed by atoms with van der Waals surface area (Å²) >= 11 is 1.92. The second-order valence-corrected chi connectivity index (χ2v) is 16.0. The molecule has 3 heteroatoms. The highest BCUT2D eigenvalue weighted by molar-refractivity contribution is 7.12. The van der Waals surface area contributed by atoms with E-state index in [0.717, 1.165) is 5.75 Å². The summed E-state index contributed by atoms with van der Waals surface area (Å²) in [6.45, 7) is 41.7. The Balaban J connectivity index is 2.53. The number of rotatable bonds is 6. The summed E-state index contributed by atoms with van der Waals surface area (Å²) < 4.78 is 7.75. The van der Waals surface area contributed by atoms with Crippen molar-refractivity contribution in [3.05, 3.63) is 59.8 Å². The average Bonchev–Trinajstić information content (AvgIpc) is 3.12. The third-order valence-corrected chi connectivity index (χ3v) is 13.3. The molecule has 40 heavy (non-hydrogen) atoms. The maximum Gasteiger partial charge on any atom is 0.147 e. The van der Waals surface area contributed by atoms with Crippen molar-refractivity contribution in [2.24, 2.45) is 5.41 Å². The fraction of sp³-hybridized carbons (Fsp3) is 0.622. The van der Waals surface area contributed by atoms with Crippen LogP contribution in [0.3, 0.4) is 0 Å². The molecule has 0 fully saturated rings. The lowest BCUT2D eigenvalue weighted by atomic mass is 9.61. The number of aryl methyl sites for hydroxylation is 4. The number of hydrogen-bond donors (Lipinski definition) is 0. The molecule has 1 atom stereocenters. The summed E-state index contributed by atoms with van der Waals surface area (Å²) in [5.41, 5.74) is 11.1. The molecule has 0 aliphatic heterocycles. The molecule has 0 aliphatic carbocycles. The van der Waals surface area contributed by atoms with Gasteiger partial charge in [0.15, 0.2) is 0 Å². The summed E-state index contributed by atoms with van der Waals surface area (Å²) in [7, 11) is 2.27. The van der Waals surface area contributed by atoms with E-state index in [0.29, 0.717) is 0 Å². The van der Waals surface area contributed by atoms with Crippen molar-refractivity contribution in [3.8, 4) is 5.75 Å². The molecule has 3 aromatic rings. The van der Waals surface area contributed by atoms with Crippen LogP contribution in [0.25, 0.3) is 10.8 Å². The Kier molecular flexibility index (Phi) is 8.30. The van der Waals surface area contributed by atoms with Crippen LogP contribution in [0.15, 0.2) is 0 Å². The van der Waals surface area contributed by atoms with Gasteiger partial charge in [-0.05, 0) is 173 Å². The average molecular weight is 564 g/mol. The van der Waals surface area contributed by atoms with E-state index >= 15 is 0 Å². The van der Waals surface area contributed by atoms with Crippen LogP contribution in [-0.4, -0.2) is 23.0 Å². The number of benzene rings is 2. The minimum atomic E-state index is -0.595. The molecular formula is C37H57NOS. The van der Waals surface area contributed by atoms with Crippen LogP contribution in [0.4, 0.5) is 0 Å². The predicted molar refractivity (Wildman–Crippen MR) is 179 cm³/mol. The van der Waals surface area contributed by atoms with Crippen LogP contribution in [-0.2, 0) is 5.60 Å². The van der Waals surface area contributed by atoms with Crippen molar-refractivity contribution in [3.63, 3.8) is 0 Å². The predicted octanol–water partition coefficient (Wildman–Crippen LogP) is 10.8. The summed E-state index contributed by atoms with van der Waals surface area (Å²) in [6, 6.07) is 0. The molecule has 222 valence electrons. The van der Waals surface area contributed by atoms with Crippen molar-refractivity contribution in [2.45, 2.75) is 141 Å². The first kappa shape index (κ1) is 32.7. The molecular weight excluding hydrogens is 506 g/mol. The van der Waals surface area contributed by atoms with Crippen molar-refractivity contribution < 1.29 is 4.74 Å². The van der Waals surface area contributed by atoms with Crippen molar-refractivity contribution >= 4 is 22.1 Å². The van der Waals surface area contributed by atoms with Gasteiger partial charge in [-0.1, -0.05) is 13.8 Å². The van der Waals surface area contributed by atoms with Gasteiger partial charge in [0, 0.05) is 26.8 Å². The molecule has 2 aromatic carbocycles. The van der Waals surface area contributed by atoms with Crippen LogP contribution in [0.2, 0.25) is 0 Å². The van der Waals surface area contributed by atoms with Crippen molar-refractivity contribution in [1.29, 1.82) is 0 Å². The van der Waals surface area contributed by atoms with E-state index in [1.165, 1.54) is 70.6 Å². The van der Waals surface area contributed by atoms with E-state index in [1.54, 1.807) is 0 Å². The first-order chi connectivity index (χ1) is 18.0. The second kappa shape index (κ2) is 10.2. The van der Waals surface area contributed by atoms with Crippen molar-refractivity contribution in [2.75, 3.05) is 7.05 Å². The highest BCUT2D eigenvalue weighted by Gasteiger charge is 2.58. The fourth-order valence-corrected chi connectivity index (χ4v) is 8.13. The molecule has 0 bridgehead atoms. The SMILES string of the molecule is Cc1sc([C@@](C)(Oc2c(C)c(C)c(C)c3c(C)c(C)c(C)c(C)c23)C(C)(C)C(C)(C)N(C)C(C)(C)C)c(C)c1C. The Morgan fingerprint density at radius 3 is 1.35 bits per heavy atom. The molecule has 0 saturated carbocycles. The quantitative estimate of drug-likeness (QED) is 0.296. The number of hydrogen-bond acceptors (Lipinski definition) is 3. The number of ether oxygens (including phenoxy) is 1. The first-order valence-electron chi connectivity index (χ1n) is 15.0. The summed E-state index contributed by atoms with van der Waals surface area (Å²) in [5, 5.41) is 2.65. The lowest BCUT2D eigenvalue weighted by molar-refractivity contribution is -0.132. The maximum atomic E-state index is 7.75. The molecule has 0 unspecified atom stereocenters. The van der Waals surface area contributed by atoms with Crippen LogP contribution in [0, 0.1) is 74.7 Å². The highest BCUT2D eigenvalue weighted by Crippen LogP contribution is 2.56. The lowest BCUT2D eigenvalue weighted by Gasteiger charge is -2.59. The third kappa shape index (κ3) is 4.55. The minimum absolute atomic E-state index is 0.00338. The zero-order valence-electron chi connectivity index (χ0n) is 29.3. The van der Waals surface area contributed by atoms with E-state index in [4.69, 9.17) is 4.74 Å². The zero-order valence-corrected chi connectivity index (χ0v) is 30.1. The summed E-state index contributed by atoms with van der Waals surface area (Å²) in [6.07, 6.45) is 0. The topological polar surface area (TPSA) is 12.5 Å². The highest BCUT2D eigenvalue weighted by atomic mass is 32.1. The van der Waals surface area contributed by atoms with Gasteiger partial charge in [-0.15, -0.1) is 11.3 Å². The van der Waals surface area contributed by atoms with Gasteiger partial charge in [0.05, 0.1) is 4.88 Å². The van der Waals surface area contributed by atoms with Gasteiger partial charge in [-0.3, -0.25) is 4.90 Å². The van der Waals surface area contributed by atoms with E-state index < -0.39 is 5.60 Å². The van der Waals surface area contributed by atoms with E-state index in [9.17, 15) is 0 Å². The van der Waals surface area contributed by atoms with Gasteiger partial charge in [0.1, 0.15) is 11.4 Å². The van der Waals surface area contributed by atoms with Gasteiger partial charge >= 0.3 is 0 Å². The molecule has 0 radical (unpaired) electrons. The smallest absolute Gasteiger partial charge is 0.147 e. The van der Waals surface area contributed by atoms with Crippen LogP contribution < -0.4 is 4.74 Å². The molecule has 1 heterocycles. The van der Waals surface area contributed by atoms with Crippen LogP contribution in [0.1, 0.15) is 115 Å². The standard InChI is InChI=1S/C37H57NOS/c1-20-21(2)26(7)31-30(24(20)5)25(6)22(3)27(8)32(31)39-37(18,33-28(9)23(4)29(10)40-33)35(14,15)36(16,17)38(19)34(11,12)13/h1-19H3/t37-/m1/s1. The van der Waals surface area contributed by atoms with Gasteiger partial charge in [-0.2, -0.15) is 0 Å². The molecule has 3 rings (SSSR count). The van der Waals surface area contributed by atoms with Crippen molar-refractivity contribution in [1.82, 2.24) is 4.90 Å². The van der Waals surface area contributed by atoms with Crippen LogP contribution in [0.5, 0.6) is 5.75 Å². The minimum Gasteiger partial charge on any atom is -0.480 e. The Labute approximate surface area is 250 Å². The number of nitrogens with zero attached hydrogens (tertiary/aromatic N) is 1. The van der Waals surface area contributed by atoms with Crippen LogP contribution >= 0.6 is 11.3 Å². The fourth-order valence-electron chi connectivity index (χ4n) is 6.72. The number of thiophene rings is 1. The van der Waals surface area contributed by atoms with Gasteiger partial charge < -0.3 is 4.74 Å². The monoisotopic (exact) mass is 563 g/mol. The van der Waals surface area contributed by atoms with Gasteiger partial charge in [-0.25, -0.2) is 0 Å². The Hall–Kier alpha value is -1.84. The summed E-state index contributed by atoms with van der Waals surface area (Å²) in [5.74, 6) is 1.05. The molecule has 0 amide bonds. The molecule has 0 N–H and O–H groups in total. The maximum absolute atomic E-state index is 7.75. The second-order valence-electron chi connectivity index (χ2n) is 14.7.